The molecule has 0 radical (unpaired) electrons. The summed E-state index contributed by atoms with van der Waals surface area (Å²) in [7, 11) is 0. The molecule has 1 aromatic heterocycles. The Morgan fingerprint density at radius 1 is 1.44 bits per heavy atom. The van der Waals surface area contributed by atoms with E-state index in [0.717, 1.165) is 4.34 Å². The van der Waals surface area contributed by atoms with Gasteiger partial charge in [0.15, 0.2) is 4.34 Å². The molecule has 1 heterocycles. The fraction of sp³-hybridized carbons (Fsp3) is 0.182. The Bertz CT molecular complexity index is 516. The molecule has 0 fully saturated rings. The van der Waals surface area contributed by atoms with Gasteiger partial charge in [-0.2, -0.15) is 4.37 Å². The number of benzene rings is 1. The zero-order chi connectivity index (χ0) is 12.8. The molecule has 0 aliphatic heterocycles. The van der Waals surface area contributed by atoms with Crippen molar-refractivity contribution in [1.29, 1.82) is 0 Å². The summed E-state index contributed by atoms with van der Waals surface area (Å²) in [4.78, 5) is 15.7. The zero-order valence-corrected chi connectivity index (χ0v) is 11.1. The number of amides is 1. The number of carbonyl (C=O) groups is 1. The van der Waals surface area contributed by atoms with Crippen LogP contribution in [-0.4, -0.2) is 21.0 Å². The number of nitrogens with zero attached hydrogens (tertiary/aromatic N) is 2. The van der Waals surface area contributed by atoms with Crippen molar-refractivity contribution < 1.29 is 4.79 Å². The number of anilines is 2. The van der Waals surface area contributed by atoms with Crippen LogP contribution < -0.4 is 11.1 Å². The van der Waals surface area contributed by atoms with Crippen molar-refractivity contribution in [1.82, 2.24) is 9.36 Å². The van der Waals surface area contributed by atoms with E-state index in [1.54, 1.807) is 12.1 Å². The second-order valence-electron chi connectivity index (χ2n) is 3.44. The maximum atomic E-state index is 11.7. The SMILES string of the molecule is Nc1ccccc1NC(=O)CCSc1ncns1. The number of aromatic nitrogens is 2. The predicted octanol–water partition coefficient (Wildman–Crippen LogP) is 2.24. The minimum atomic E-state index is -0.0510. The number of thioether (sulfide) groups is 1. The molecule has 5 nitrogen and oxygen atoms in total. The van der Waals surface area contributed by atoms with E-state index >= 15 is 0 Å². The molecule has 1 amide bonds. The van der Waals surface area contributed by atoms with Gasteiger partial charge in [0, 0.05) is 12.2 Å². The minimum Gasteiger partial charge on any atom is -0.397 e. The summed E-state index contributed by atoms with van der Waals surface area (Å²) < 4.78 is 4.77. The summed E-state index contributed by atoms with van der Waals surface area (Å²) in [6, 6.07) is 7.20. The molecular formula is C11H12N4OS2. The Hall–Kier alpha value is -1.60. The quantitative estimate of drug-likeness (QED) is 0.648. The summed E-state index contributed by atoms with van der Waals surface area (Å²) in [6.07, 6.45) is 1.93. The van der Waals surface area contributed by atoms with Gasteiger partial charge in [-0.15, -0.1) is 0 Å². The van der Waals surface area contributed by atoms with Crippen molar-refractivity contribution in [3.63, 3.8) is 0 Å². The van der Waals surface area contributed by atoms with Crippen LogP contribution in [0.1, 0.15) is 6.42 Å². The first-order valence-corrected chi connectivity index (χ1v) is 7.05. The standard InChI is InChI=1S/C11H12N4OS2/c12-8-3-1-2-4-9(8)15-10(16)5-6-17-11-13-7-14-18-11/h1-4,7H,5-6,12H2,(H,15,16). The first-order valence-electron chi connectivity index (χ1n) is 5.29. The van der Waals surface area contributed by atoms with Crippen LogP contribution in [0.5, 0.6) is 0 Å². The first-order chi connectivity index (χ1) is 8.75. The van der Waals surface area contributed by atoms with Crippen LogP contribution in [0, 0.1) is 0 Å². The molecule has 0 aliphatic rings. The number of nitrogen functional groups attached to an aromatic ring is 1. The van der Waals surface area contributed by atoms with E-state index in [9.17, 15) is 4.79 Å². The Balaban J connectivity index is 1.77. The van der Waals surface area contributed by atoms with Gasteiger partial charge in [0.25, 0.3) is 0 Å². The molecular weight excluding hydrogens is 268 g/mol. The molecule has 0 spiro atoms. The molecule has 0 saturated heterocycles. The van der Waals surface area contributed by atoms with Crippen molar-refractivity contribution >= 4 is 40.6 Å². The number of rotatable bonds is 5. The molecule has 2 rings (SSSR count). The summed E-state index contributed by atoms with van der Waals surface area (Å²) >= 11 is 2.85. The van der Waals surface area contributed by atoms with Crippen LogP contribution in [0.4, 0.5) is 11.4 Å². The Morgan fingerprint density at radius 3 is 3.00 bits per heavy atom. The summed E-state index contributed by atoms with van der Waals surface area (Å²) in [5, 5.41) is 2.78. The summed E-state index contributed by atoms with van der Waals surface area (Å²) in [6.45, 7) is 0. The van der Waals surface area contributed by atoms with E-state index in [0.29, 0.717) is 23.5 Å². The highest BCUT2D eigenvalue weighted by Gasteiger charge is 2.05. The van der Waals surface area contributed by atoms with Crippen LogP contribution >= 0.6 is 23.3 Å². The molecule has 3 N–H and O–H groups in total. The molecule has 0 unspecified atom stereocenters. The van der Waals surface area contributed by atoms with E-state index < -0.39 is 0 Å². The highest BCUT2D eigenvalue weighted by Crippen LogP contribution is 2.20. The maximum Gasteiger partial charge on any atom is 0.225 e. The van der Waals surface area contributed by atoms with Gasteiger partial charge < -0.3 is 11.1 Å². The van der Waals surface area contributed by atoms with Crippen LogP contribution in [0.3, 0.4) is 0 Å². The Kier molecular flexibility index (Phi) is 4.54. The normalized spacial score (nSPS) is 10.2. The highest BCUT2D eigenvalue weighted by atomic mass is 32.2. The van der Waals surface area contributed by atoms with Gasteiger partial charge in [0.2, 0.25) is 5.91 Å². The second kappa shape index (κ2) is 6.36. The molecule has 0 aliphatic carbocycles. The van der Waals surface area contributed by atoms with Crippen molar-refractivity contribution in [3.05, 3.63) is 30.6 Å². The molecule has 0 atom stereocenters. The second-order valence-corrected chi connectivity index (χ2v) is 5.56. The van der Waals surface area contributed by atoms with Crippen LogP contribution in [0.15, 0.2) is 34.9 Å². The van der Waals surface area contributed by atoms with Gasteiger partial charge in [0.1, 0.15) is 6.33 Å². The number of nitrogens with one attached hydrogen (secondary N) is 1. The zero-order valence-electron chi connectivity index (χ0n) is 9.50. The molecule has 7 heteroatoms. The lowest BCUT2D eigenvalue weighted by atomic mass is 10.2. The molecule has 1 aromatic carbocycles. The molecule has 0 bridgehead atoms. The first kappa shape index (κ1) is 12.8. The average molecular weight is 280 g/mol. The van der Waals surface area contributed by atoms with Gasteiger partial charge >= 0.3 is 0 Å². The van der Waals surface area contributed by atoms with Gasteiger partial charge in [-0.1, -0.05) is 23.9 Å². The highest BCUT2D eigenvalue weighted by molar-refractivity contribution is 8.00. The van der Waals surface area contributed by atoms with Crippen molar-refractivity contribution in [2.24, 2.45) is 0 Å². The van der Waals surface area contributed by atoms with E-state index in [2.05, 4.69) is 14.7 Å². The number of para-hydroxylation sites is 2. The Morgan fingerprint density at radius 2 is 2.28 bits per heavy atom. The van der Waals surface area contributed by atoms with Crippen LogP contribution in [0.2, 0.25) is 0 Å². The van der Waals surface area contributed by atoms with E-state index in [-0.39, 0.29) is 5.91 Å². The van der Waals surface area contributed by atoms with Crippen molar-refractivity contribution in [2.75, 3.05) is 16.8 Å². The van der Waals surface area contributed by atoms with E-state index in [1.165, 1.54) is 29.6 Å². The lowest BCUT2D eigenvalue weighted by Gasteiger charge is -2.06. The predicted molar refractivity (Wildman–Crippen MR) is 74.7 cm³/mol. The third-order valence-corrected chi connectivity index (χ3v) is 3.93. The number of hydrogen-bond donors (Lipinski definition) is 2. The maximum absolute atomic E-state index is 11.7. The number of carbonyl (C=O) groups excluding carboxylic acids is 1. The van der Waals surface area contributed by atoms with Gasteiger partial charge in [-0.25, -0.2) is 4.98 Å². The monoisotopic (exact) mass is 280 g/mol. The van der Waals surface area contributed by atoms with Gasteiger partial charge in [-0.05, 0) is 23.7 Å². The van der Waals surface area contributed by atoms with Gasteiger partial charge in [0.05, 0.1) is 11.4 Å². The third-order valence-electron chi connectivity index (χ3n) is 2.13. The van der Waals surface area contributed by atoms with Crippen LogP contribution in [-0.2, 0) is 4.79 Å². The molecule has 2 aromatic rings. The molecule has 94 valence electrons. The minimum absolute atomic E-state index is 0.0510. The van der Waals surface area contributed by atoms with E-state index in [1.807, 2.05) is 12.1 Å². The third kappa shape index (κ3) is 3.71. The topological polar surface area (TPSA) is 80.9 Å². The molecule has 0 saturated carbocycles. The number of nitrogens with two attached hydrogens (primary N) is 1. The van der Waals surface area contributed by atoms with E-state index in [4.69, 9.17) is 5.73 Å². The van der Waals surface area contributed by atoms with Crippen LogP contribution in [0.25, 0.3) is 0 Å². The lowest BCUT2D eigenvalue weighted by molar-refractivity contribution is -0.115. The number of hydrogen-bond acceptors (Lipinski definition) is 6. The fourth-order valence-corrected chi connectivity index (χ4v) is 2.73. The lowest BCUT2D eigenvalue weighted by Crippen LogP contribution is -2.13. The van der Waals surface area contributed by atoms with Crippen molar-refractivity contribution in [3.8, 4) is 0 Å². The van der Waals surface area contributed by atoms with Crippen molar-refractivity contribution in [2.45, 2.75) is 10.8 Å². The van der Waals surface area contributed by atoms with Gasteiger partial charge in [-0.3, -0.25) is 4.79 Å². The Labute approximate surface area is 113 Å². The summed E-state index contributed by atoms with van der Waals surface area (Å²) in [5.41, 5.74) is 6.97. The fourth-order valence-electron chi connectivity index (χ4n) is 1.28. The smallest absolute Gasteiger partial charge is 0.225 e. The largest absolute Gasteiger partial charge is 0.397 e. The average Bonchev–Trinajstić information content (AvgIpc) is 2.85. The summed E-state index contributed by atoms with van der Waals surface area (Å²) in [5.74, 6) is 0.623. The molecule has 18 heavy (non-hydrogen) atoms.